The van der Waals surface area contributed by atoms with Gasteiger partial charge in [-0.25, -0.2) is 9.59 Å². The van der Waals surface area contributed by atoms with Crippen molar-refractivity contribution in [3.63, 3.8) is 0 Å². The summed E-state index contributed by atoms with van der Waals surface area (Å²) in [5.74, 6) is 0. The van der Waals surface area contributed by atoms with Crippen molar-refractivity contribution in [2.24, 2.45) is 0 Å². The van der Waals surface area contributed by atoms with E-state index in [0.29, 0.717) is 13.1 Å². The second kappa shape index (κ2) is 13.2. The first kappa shape index (κ1) is 30.8. The average Bonchev–Trinajstić information content (AvgIpc) is 2.72. The molecule has 0 saturated heterocycles. The summed E-state index contributed by atoms with van der Waals surface area (Å²) >= 11 is 0. The first-order chi connectivity index (χ1) is 15.8. The molecule has 0 saturated carbocycles. The molecule has 2 aromatic rings. The number of carbonyl (C=O) groups excluding carboxylic acids is 2. The van der Waals surface area contributed by atoms with E-state index in [0.717, 1.165) is 12.1 Å². The first-order valence-corrected chi connectivity index (χ1v) is 13.0. The third-order valence-corrected chi connectivity index (χ3v) is 6.42. The van der Waals surface area contributed by atoms with Gasteiger partial charge in [0.25, 0.3) is 20.2 Å². The Balaban J connectivity index is 0.00000612. The van der Waals surface area contributed by atoms with Crippen LogP contribution in [0.4, 0.5) is 21.0 Å². The van der Waals surface area contributed by atoms with Gasteiger partial charge >= 0.3 is 41.6 Å². The van der Waals surface area contributed by atoms with Gasteiger partial charge in [0.2, 0.25) is 0 Å². The van der Waals surface area contributed by atoms with E-state index in [4.69, 9.17) is 0 Å². The summed E-state index contributed by atoms with van der Waals surface area (Å²) in [6.45, 7) is 4.11. The third-order valence-electron chi connectivity index (χ3n) is 4.54. The minimum absolute atomic E-state index is 0. The van der Waals surface area contributed by atoms with E-state index in [9.17, 15) is 35.5 Å². The summed E-state index contributed by atoms with van der Waals surface area (Å²) in [7, 11) is -9.33. The zero-order valence-electron chi connectivity index (χ0n) is 18.5. The van der Waals surface area contributed by atoms with Crippen molar-refractivity contribution in [2.75, 3.05) is 23.7 Å². The topological polar surface area (TPSA) is 191 Å². The number of benzene rings is 2. The van der Waals surface area contributed by atoms with Crippen molar-refractivity contribution in [1.82, 2.24) is 10.6 Å². The molecule has 0 aliphatic carbocycles. The molecule has 15 heteroatoms. The Morgan fingerprint density at radius 2 is 1.06 bits per heavy atom. The molecule has 0 aliphatic rings. The predicted octanol–water partition coefficient (Wildman–Crippen LogP) is 1.60. The van der Waals surface area contributed by atoms with Gasteiger partial charge < -0.3 is 21.3 Å². The van der Waals surface area contributed by atoms with Crippen LogP contribution in [0.1, 0.15) is 25.0 Å². The van der Waals surface area contributed by atoms with Crippen LogP contribution in [-0.4, -0.2) is 80.7 Å². The zero-order chi connectivity index (χ0) is 25.5. The minimum atomic E-state index is -4.67. The van der Waals surface area contributed by atoms with E-state index in [2.05, 4.69) is 21.3 Å². The van der Waals surface area contributed by atoms with Crippen LogP contribution in [0.2, 0.25) is 0 Å². The molecule has 0 atom stereocenters. The van der Waals surface area contributed by atoms with Crippen molar-refractivity contribution in [3.05, 3.63) is 47.5 Å². The number of nitrogens with one attached hydrogen (secondary N) is 4. The predicted molar refractivity (Wildman–Crippen MR) is 132 cm³/mol. The quantitative estimate of drug-likeness (QED) is 0.205. The molecule has 0 aliphatic heterocycles. The van der Waals surface area contributed by atoms with Crippen LogP contribution < -0.4 is 21.3 Å². The van der Waals surface area contributed by atoms with Crippen LogP contribution in [-0.2, 0) is 33.1 Å². The summed E-state index contributed by atoms with van der Waals surface area (Å²) in [5, 5.41) is 9.85. The average molecular weight is 539 g/mol. The fourth-order valence-corrected chi connectivity index (χ4v) is 4.65. The Hall–Kier alpha value is -2.20. The molecular weight excluding hydrogens is 511 g/mol. The second-order valence-corrected chi connectivity index (χ2v) is 9.84. The Bertz CT molecular complexity index is 1180. The third kappa shape index (κ3) is 9.40. The molecule has 0 heterocycles. The van der Waals surface area contributed by atoms with Crippen molar-refractivity contribution < 1.29 is 35.5 Å². The molecule has 0 spiro atoms. The zero-order valence-corrected chi connectivity index (χ0v) is 20.1. The van der Waals surface area contributed by atoms with Gasteiger partial charge in [-0.2, -0.15) is 16.8 Å². The van der Waals surface area contributed by atoms with Gasteiger partial charge in [-0.1, -0.05) is 12.1 Å². The van der Waals surface area contributed by atoms with E-state index in [1.165, 1.54) is 24.3 Å². The SMILES string of the molecule is CCNC(=O)Nc1ccc(CCc2ccc(NC(=O)NCC)cc2S(=O)(=O)O)c(S(=O)(=O)O)c1.[NaH]. The Kier molecular flexibility index (Phi) is 11.6. The van der Waals surface area contributed by atoms with Gasteiger partial charge in [0, 0.05) is 24.5 Å². The summed E-state index contributed by atoms with van der Waals surface area (Å²) < 4.78 is 66.9. The van der Waals surface area contributed by atoms with Gasteiger partial charge in [0.05, 0.1) is 9.79 Å². The number of aryl methyl sites for hydroxylation is 2. The summed E-state index contributed by atoms with van der Waals surface area (Å²) in [6.07, 6.45) is -0.0512. The summed E-state index contributed by atoms with van der Waals surface area (Å²) in [6, 6.07) is 6.67. The molecule has 0 fully saturated rings. The fraction of sp³-hybridized carbons (Fsp3) is 0.300. The van der Waals surface area contributed by atoms with Crippen molar-refractivity contribution >= 4 is 73.2 Å². The van der Waals surface area contributed by atoms with Crippen LogP contribution in [0.3, 0.4) is 0 Å². The molecular formula is C20H27N4NaO8S2. The van der Waals surface area contributed by atoms with Gasteiger partial charge in [0.15, 0.2) is 0 Å². The number of hydrogen-bond acceptors (Lipinski definition) is 6. The Morgan fingerprint density at radius 3 is 1.34 bits per heavy atom. The second-order valence-electron chi connectivity index (χ2n) is 7.06. The van der Waals surface area contributed by atoms with E-state index in [1.807, 2.05) is 0 Å². The molecule has 0 radical (unpaired) electrons. The van der Waals surface area contributed by atoms with Crippen LogP contribution >= 0.6 is 0 Å². The number of amides is 4. The Labute approximate surface area is 226 Å². The standard InChI is InChI=1S/C20H26N4O8S2.Na.H/c1-3-21-19(25)23-15-9-7-13(17(11-15)33(27,28)29)5-6-14-8-10-16(24-20(26)22-4-2)12-18(14)34(30,31)32;;/h7-12H,3-6H2,1-2H3,(H2,21,23,25)(H2,22,24,26)(H,27,28,29)(H,30,31,32);;. The van der Waals surface area contributed by atoms with Gasteiger partial charge in [-0.05, 0) is 62.1 Å². The van der Waals surface area contributed by atoms with Gasteiger partial charge in [-0.15, -0.1) is 0 Å². The molecule has 0 bridgehead atoms. The number of rotatable bonds is 9. The molecule has 12 nitrogen and oxygen atoms in total. The van der Waals surface area contributed by atoms with Crippen molar-refractivity contribution in [3.8, 4) is 0 Å². The van der Waals surface area contributed by atoms with E-state index in [1.54, 1.807) is 13.8 Å². The maximum atomic E-state index is 11.9. The molecule has 6 N–H and O–H groups in total. The molecule has 2 rings (SSSR count). The monoisotopic (exact) mass is 538 g/mol. The number of urea groups is 2. The molecule has 188 valence electrons. The van der Waals surface area contributed by atoms with Crippen LogP contribution in [0, 0.1) is 0 Å². The molecule has 0 unspecified atom stereocenters. The van der Waals surface area contributed by atoms with Gasteiger partial charge in [-0.3, -0.25) is 9.11 Å². The summed E-state index contributed by atoms with van der Waals surface area (Å²) in [4.78, 5) is 22.5. The van der Waals surface area contributed by atoms with Crippen LogP contribution in [0.25, 0.3) is 0 Å². The van der Waals surface area contributed by atoms with E-state index >= 15 is 0 Å². The van der Waals surface area contributed by atoms with Crippen molar-refractivity contribution in [1.29, 1.82) is 0 Å². The number of carbonyl (C=O) groups is 2. The first-order valence-electron chi connectivity index (χ1n) is 10.2. The summed E-state index contributed by atoms with van der Waals surface area (Å²) in [5.41, 5.74) is 0.577. The molecule has 35 heavy (non-hydrogen) atoms. The van der Waals surface area contributed by atoms with Crippen LogP contribution in [0.5, 0.6) is 0 Å². The fourth-order valence-electron chi connectivity index (χ4n) is 3.10. The molecule has 4 amide bonds. The normalized spacial score (nSPS) is 11.2. The molecule has 2 aromatic carbocycles. The van der Waals surface area contributed by atoms with Gasteiger partial charge in [0.1, 0.15) is 0 Å². The number of anilines is 2. The van der Waals surface area contributed by atoms with E-state index < -0.39 is 42.1 Å². The molecule has 0 aromatic heterocycles. The maximum absolute atomic E-state index is 11.9. The Morgan fingerprint density at radius 1 is 0.714 bits per heavy atom. The van der Waals surface area contributed by atoms with Crippen LogP contribution in [0.15, 0.2) is 46.2 Å². The van der Waals surface area contributed by atoms with E-state index in [-0.39, 0.29) is 64.9 Å². The number of hydrogen-bond donors (Lipinski definition) is 6. The van der Waals surface area contributed by atoms with Crippen molar-refractivity contribution in [2.45, 2.75) is 36.5 Å².